The number of carbonyl (C=O) groups is 1. The molecule has 0 unspecified atom stereocenters. The minimum absolute atomic E-state index is 0.149. The second kappa shape index (κ2) is 12.5. The molecule has 8 nitrogen and oxygen atoms in total. The van der Waals surface area contributed by atoms with Crippen LogP contribution in [0.15, 0.2) is 30.5 Å². The molecular formula is C31H36FN7OS2. The Bertz CT molecular complexity index is 1590. The molecule has 1 saturated carbocycles. The van der Waals surface area contributed by atoms with Crippen molar-refractivity contribution in [2.75, 3.05) is 37.6 Å². The first-order valence-electron chi connectivity index (χ1n) is 14.9. The van der Waals surface area contributed by atoms with Crippen molar-refractivity contribution in [1.29, 1.82) is 5.26 Å². The van der Waals surface area contributed by atoms with Crippen molar-refractivity contribution in [1.82, 2.24) is 24.6 Å². The van der Waals surface area contributed by atoms with Gasteiger partial charge < -0.3 is 10.2 Å². The number of nitrogens with zero attached hydrogens (tertiary/aromatic N) is 6. The van der Waals surface area contributed by atoms with E-state index in [4.69, 9.17) is 9.97 Å². The fourth-order valence-electron chi connectivity index (χ4n) is 5.88. The van der Waals surface area contributed by atoms with Gasteiger partial charge in [0.25, 0.3) is 0 Å². The number of thiazole rings is 2. The number of piperidine rings is 1. The number of nitrogens with one attached hydrogen (secondary N) is 1. The lowest BCUT2D eigenvalue weighted by molar-refractivity contribution is -0.122. The average Bonchev–Trinajstić information content (AvgIpc) is 3.67. The minimum Gasteiger partial charge on any atom is -0.355 e. The third kappa shape index (κ3) is 5.80. The quantitative estimate of drug-likeness (QED) is 0.227. The van der Waals surface area contributed by atoms with E-state index >= 15 is 0 Å². The van der Waals surface area contributed by atoms with E-state index in [1.54, 1.807) is 23.5 Å². The topological polar surface area (TPSA) is 89.6 Å². The van der Waals surface area contributed by atoms with E-state index in [1.807, 2.05) is 0 Å². The molecule has 0 radical (unpaired) electrons. The number of hydrogen-bond donors (Lipinski definition) is 1. The van der Waals surface area contributed by atoms with Crippen LogP contribution in [0.25, 0.3) is 16.2 Å². The predicted octanol–water partition coefficient (Wildman–Crippen LogP) is 6.35. The summed E-state index contributed by atoms with van der Waals surface area (Å²) in [5, 5.41) is 13.7. The molecule has 4 aromatic rings. The third-order valence-electron chi connectivity index (χ3n) is 8.53. The van der Waals surface area contributed by atoms with Crippen molar-refractivity contribution < 1.29 is 9.18 Å². The molecule has 1 amide bonds. The smallest absolute Gasteiger partial charge is 0.234 e. The van der Waals surface area contributed by atoms with Crippen LogP contribution in [0.1, 0.15) is 67.3 Å². The molecule has 1 saturated heterocycles. The summed E-state index contributed by atoms with van der Waals surface area (Å²) >= 11 is 3.10. The van der Waals surface area contributed by atoms with Crippen molar-refractivity contribution in [2.45, 2.75) is 58.3 Å². The highest BCUT2D eigenvalue weighted by molar-refractivity contribution is 7.17. The van der Waals surface area contributed by atoms with Crippen LogP contribution in [-0.4, -0.2) is 57.9 Å². The van der Waals surface area contributed by atoms with Crippen LogP contribution in [0.5, 0.6) is 0 Å². The van der Waals surface area contributed by atoms with Gasteiger partial charge in [0, 0.05) is 29.7 Å². The predicted molar refractivity (Wildman–Crippen MR) is 166 cm³/mol. The summed E-state index contributed by atoms with van der Waals surface area (Å²) in [5.74, 6) is 1.94. The number of halogens is 1. The summed E-state index contributed by atoms with van der Waals surface area (Å²) < 4.78 is 15.7. The van der Waals surface area contributed by atoms with Gasteiger partial charge in [-0.15, -0.1) is 11.3 Å². The molecule has 0 atom stereocenters. The van der Waals surface area contributed by atoms with E-state index < -0.39 is 0 Å². The number of anilines is 2. The van der Waals surface area contributed by atoms with Gasteiger partial charge in [-0.2, -0.15) is 5.26 Å². The van der Waals surface area contributed by atoms with Crippen molar-refractivity contribution in [3.8, 4) is 17.3 Å². The van der Waals surface area contributed by atoms with E-state index in [-0.39, 0.29) is 11.7 Å². The largest absolute Gasteiger partial charge is 0.355 e. The normalized spacial score (nSPS) is 16.4. The maximum absolute atomic E-state index is 13.5. The van der Waals surface area contributed by atoms with Crippen LogP contribution < -0.4 is 10.2 Å². The van der Waals surface area contributed by atoms with Crippen molar-refractivity contribution in [3.63, 3.8) is 0 Å². The molecule has 220 valence electrons. The van der Waals surface area contributed by atoms with Gasteiger partial charge in [-0.25, -0.2) is 14.4 Å². The number of rotatable bonds is 10. The monoisotopic (exact) mass is 605 g/mol. The number of likely N-dealkylation sites (tertiary alicyclic amines) is 1. The fourth-order valence-corrected chi connectivity index (χ4v) is 7.99. The van der Waals surface area contributed by atoms with Crippen LogP contribution in [-0.2, 0) is 11.2 Å². The highest BCUT2D eigenvalue weighted by Gasteiger charge is 2.28. The zero-order valence-electron chi connectivity index (χ0n) is 24.1. The first-order valence-corrected chi connectivity index (χ1v) is 16.5. The molecular weight excluding hydrogens is 570 g/mol. The Hall–Kier alpha value is -3.33. The highest BCUT2D eigenvalue weighted by Crippen LogP contribution is 2.40. The summed E-state index contributed by atoms with van der Waals surface area (Å²) in [4.78, 5) is 29.5. The Morgan fingerprint density at radius 1 is 1.14 bits per heavy atom. The van der Waals surface area contributed by atoms with E-state index in [2.05, 4.69) is 45.6 Å². The van der Waals surface area contributed by atoms with Crippen molar-refractivity contribution in [2.24, 2.45) is 5.92 Å². The summed E-state index contributed by atoms with van der Waals surface area (Å²) in [6.45, 7) is 7.99. The Morgan fingerprint density at radius 2 is 1.90 bits per heavy atom. The lowest BCUT2D eigenvalue weighted by Gasteiger charge is -2.31. The average molecular weight is 606 g/mol. The second-order valence-electron chi connectivity index (χ2n) is 11.2. The van der Waals surface area contributed by atoms with Crippen LogP contribution in [0.4, 0.5) is 15.3 Å². The Kier molecular flexibility index (Phi) is 8.56. The van der Waals surface area contributed by atoms with Gasteiger partial charge in [0.2, 0.25) is 5.91 Å². The molecule has 4 heterocycles. The molecule has 6 rings (SSSR count). The lowest BCUT2D eigenvalue weighted by Crippen LogP contribution is -2.42. The zero-order valence-corrected chi connectivity index (χ0v) is 25.7. The van der Waals surface area contributed by atoms with Crippen LogP contribution in [0.2, 0.25) is 0 Å². The van der Waals surface area contributed by atoms with Crippen molar-refractivity contribution in [3.05, 3.63) is 51.7 Å². The number of hydrogen-bond acceptors (Lipinski definition) is 8. The second-order valence-corrected chi connectivity index (χ2v) is 13.2. The molecule has 1 aliphatic heterocycles. The van der Waals surface area contributed by atoms with Gasteiger partial charge in [-0.1, -0.05) is 24.7 Å². The van der Waals surface area contributed by atoms with E-state index in [0.717, 1.165) is 66.1 Å². The van der Waals surface area contributed by atoms with E-state index in [9.17, 15) is 14.4 Å². The summed E-state index contributed by atoms with van der Waals surface area (Å²) in [6, 6.07) is 8.40. The minimum atomic E-state index is -0.319. The lowest BCUT2D eigenvalue weighted by atomic mass is 9.85. The number of carbonyl (C=O) groups excluding carboxylic acids is 1. The standard InChI is InChI=1S/C31H36FN7OS2/c1-3-24-29(38(4-2)31-36-28(25(16-33)41-31)22-8-10-23(32)11-9-22)39-18-26(42-30(39)35-24)21-12-14-37(15-13-21)19-27(40)34-17-20-6-5-7-20/h8-11,18,20-21H,3-7,12-15,17,19H2,1-2H3,(H,34,40). The Morgan fingerprint density at radius 3 is 2.55 bits per heavy atom. The molecule has 11 heteroatoms. The molecule has 1 N–H and O–H groups in total. The molecule has 0 bridgehead atoms. The van der Waals surface area contributed by atoms with Gasteiger partial charge in [0.05, 0.1) is 12.2 Å². The maximum Gasteiger partial charge on any atom is 0.234 e. The number of aromatic nitrogens is 3. The number of imidazole rings is 1. The van der Waals surface area contributed by atoms with Crippen LogP contribution >= 0.6 is 22.7 Å². The first kappa shape index (κ1) is 28.8. The number of benzene rings is 1. The highest BCUT2D eigenvalue weighted by atomic mass is 32.1. The number of amides is 1. The number of aryl methyl sites for hydroxylation is 1. The van der Waals surface area contributed by atoms with Gasteiger partial charge in [-0.3, -0.25) is 14.1 Å². The first-order chi connectivity index (χ1) is 20.5. The Labute approximate surface area is 253 Å². The van der Waals surface area contributed by atoms with Crippen molar-refractivity contribution >= 4 is 44.5 Å². The number of nitriles is 1. The van der Waals surface area contributed by atoms with Gasteiger partial charge in [0.15, 0.2) is 10.1 Å². The van der Waals surface area contributed by atoms with Crippen LogP contribution in [0.3, 0.4) is 0 Å². The SMILES string of the molecule is CCc1nc2sc(C3CCN(CC(=O)NCC4CCC4)CC3)cn2c1N(CC)c1nc(-c2ccc(F)cc2)c(C#N)s1. The van der Waals surface area contributed by atoms with Gasteiger partial charge >= 0.3 is 0 Å². The van der Waals surface area contributed by atoms with E-state index in [1.165, 1.54) is 47.6 Å². The van der Waals surface area contributed by atoms with Gasteiger partial charge in [-0.05, 0) is 88.2 Å². The molecule has 3 aromatic heterocycles. The van der Waals surface area contributed by atoms with Gasteiger partial charge in [0.1, 0.15) is 28.3 Å². The van der Waals surface area contributed by atoms with E-state index in [0.29, 0.717) is 35.5 Å². The summed E-state index contributed by atoms with van der Waals surface area (Å²) in [6.07, 6.45) is 8.83. The maximum atomic E-state index is 13.5. The molecule has 2 aliphatic rings. The third-order valence-corrected chi connectivity index (χ3v) is 10.7. The molecule has 1 aliphatic carbocycles. The number of fused-ring (bicyclic) bond motifs is 1. The Balaban J connectivity index is 1.20. The molecule has 2 fully saturated rings. The summed E-state index contributed by atoms with van der Waals surface area (Å²) in [7, 11) is 0. The molecule has 42 heavy (non-hydrogen) atoms. The zero-order chi connectivity index (χ0) is 29.2. The summed E-state index contributed by atoms with van der Waals surface area (Å²) in [5.41, 5.74) is 2.29. The molecule has 1 aromatic carbocycles. The van der Waals surface area contributed by atoms with Crippen LogP contribution in [0, 0.1) is 23.1 Å². The fraction of sp³-hybridized carbons (Fsp3) is 0.484. The molecule has 0 spiro atoms.